The Morgan fingerprint density at radius 2 is 2.00 bits per heavy atom. The summed E-state index contributed by atoms with van der Waals surface area (Å²) in [5.41, 5.74) is 3.72. The van der Waals surface area contributed by atoms with Gasteiger partial charge in [0.05, 0.1) is 11.9 Å². The van der Waals surface area contributed by atoms with Crippen LogP contribution in [0.4, 0.5) is 10.2 Å². The highest BCUT2D eigenvalue weighted by atomic mass is 19.1. The van der Waals surface area contributed by atoms with Crippen LogP contribution in [0.1, 0.15) is 29.0 Å². The summed E-state index contributed by atoms with van der Waals surface area (Å²) in [6.45, 7) is 2.02. The van der Waals surface area contributed by atoms with Gasteiger partial charge in [0.15, 0.2) is 0 Å². The number of amides is 1. The molecule has 0 aliphatic carbocycles. The van der Waals surface area contributed by atoms with E-state index in [4.69, 9.17) is 0 Å². The number of hydrogen-bond acceptors (Lipinski definition) is 2. The van der Waals surface area contributed by atoms with E-state index in [0.29, 0.717) is 5.82 Å². The van der Waals surface area contributed by atoms with Crippen LogP contribution < -0.4 is 5.32 Å². The van der Waals surface area contributed by atoms with E-state index in [2.05, 4.69) is 10.4 Å². The van der Waals surface area contributed by atoms with Gasteiger partial charge in [-0.05, 0) is 36.8 Å². The largest absolute Gasteiger partial charge is 0.310 e. The standard InChI is InChI=1S/C19H16FN3O/c1-12-5-7-15(8-6-12)23-19-17(11-21-23)16(10-18(24)22-19)13-3-2-4-14(20)9-13/h2-9,11,16H,10H2,1H3,(H,22,24)/t16-/m1/s1. The molecule has 2 aromatic carbocycles. The van der Waals surface area contributed by atoms with Gasteiger partial charge < -0.3 is 5.32 Å². The lowest BCUT2D eigenvalue weighted by molar-refractivity contribution is -0.116. The summed E-state index contributed by atoms with van der Waals surface area (Å²) in [6.07, 6.45) is 2.04. The Morgan fingerprint density at radius 3 is 2.75 bits per heavy atom. The van der Waals surface area contributed by atoms with Crippen molar-refractivity contribution < 1.29 is 9.18 Å². The third-order valence-corrected chi connectivity index (χ3v) is 4.35. The van der Waals surface area contributed by atoms with Gasteiger partial charge in [-0.1, -0.05) is 29.8 Å². The van der Waals surface area contributed by atoms with Crippen LogP contribution >= 0.6 is 0 Å². The van der Waals surface area contributed by atoms with Gasteiger partial charge in [0.25, 0.3) is 0 Å². The normalized spacial score (nSPS) is 16.6. The maximum Gasteiger partial charge on any atom is 0.226 e. The Labute approximate surface area is 138 Å². The van der Waals surface area contributed by atoms with Crippen molar-refractivity contribution in [2.75, 3.05) is 5.32 Å². The Hall–Kier alpha value is -2.95. The van der Waals surface area contributed by atoms with E-state index >= 15 is 0 Å². The molecule has 4 nitrogen and oxygen atoms in total. The first-order valence-electron chi connectivity index (χ1n) is 7.82. The third kappa shape index (κ3) is 2.48. The molecule has 1 aromatic heterocycles. The molecule has 0 saturated carbocycles. The third-order valence-electron chi connectivity index (χ3n) is 4.35. The van der Waals surface area contributed by atoms with Crippen LogP contribution in [0.25, 0.3) is 5.69 Å². The van der Waals surface area contributed by atoms with Gasteiger partial charge in [0.2, 0.25) is 5.91 Å². The number of anilines is 1. The summed E-state index contributed by atoms with van der Waals surface area (Å²) in [6, 6.07) is 14.3. The molecule has 0 radical (unpaired) electrons. The average Bonchev–Trinajstić information content (AvgIpc) is 2.98. The van der Waals surface area contributed by atoms with Crippen LogP contribution in [-0.4, -0.2) is 15.7 Å². The maximum atomic E-state index is 13.6. The van der Waals surface area contributed by atoms with Crippen molar-refractivity contribution in [1.82, 2.24) is 9.78 Å². The second-order valence-electron chi connectivity index (χ2n) is 6.06. The lowest BCUT2D eigenvalue weighted by Crippen LogP contribution is -2.24. The first-order valence-corrected chi connectivity index (χ1v) is 7.82. The topological polar surface area (TPSA) is 46.9 Å². The molecule has 1 amide bonds. The van der Waals surface area contributed by atoms with Gasteiger partial charge in [-0.2, -0.15) is 5.10 Å². The summed E-state index contributed by atoms with van der Waals surface area (Å²) >= 11 is 0. The fourth-order valence-corrected chi connectivity index (χ4v) is 3.12. The van der Waals surface area contributed by atoms with Crippen molar-refractivity contribution >= 4 is 11.7 Å². The van der Waals surface area contributed by atoms with E-state index in [1.807, 2.05) is 37.3 Å². The molecule has 3 aromatic rings. The van der Waals surface area contributed by atoms with E-state index < -0.39 is 0 Å². The number of nitrogens with one attached hydrogen (secondary N) is 1. The number of nitrogens with zero attached hydrogens (tertiary/aromatic N) is 2. The molecule has 1 atom stereocenters. The van der Waals surface area contributed by atoms with Crippen LogP contribution in [-0.2, 0) is 4.79 Å². The van der Waals surface area contributed by atoms with Crippen LogP contribution in [0.15, 0.2) is 54.7 Å². The number of aromatic nitrogens is 2. The lowest BCUT2D eigenvalue weighted by Gasteiger charge is -2.23. The predicted molar refractivity (Wildman–Crippen MR) is 89.8 cm³/mol. The van der Waals surface area contributed by atoms with Gasteiger partial charge >= 0.3 is 0 Å². The van der Waals surface area contributed by atoms with Gasteiger partial charge in [-0.3, -0.25) is 4.79 Å². The molecule has 0 fully saturated rings. The van der Waals surface area contributed by atoms with E-state index in [1.54, 1.807) is 16.9 Å². The van der Waals surface area contributed by atoms with Gasteiger partial charge in [0, 0.05) is 17.9 Å². The first-order chi connectivity index (χ1) is 11.6. The molecule has 5 heteroatoms. The highest BCUT2D eigenvalue weighted by Gasteiger charge is 2.30. The molecule has 1 aliphatic rings. The second kappa shape index (κ2) is 5.60. The zero-order valence-electron chi connectivity index (χ0n) is 13.2. The minimum absolute atomic E-state index is 0.0920. The molecule has 4 rings (SSSR count). The number of carbonyl (C=O) groups excluding carboxylic acids is 1. The molecule has 0 unspecified atom stereocenters. The highest BCUT2D eigenvalue weighted by molar-refractivity contribution is 5.94. The number of hydrogen-bond donors (Lipinski definition) is 1. The smallest absolute Gasteiger partial charge is 0.226 e. The summed E-state index contributed by atoms with van der Waals surface area (Å²) < 4.78 is 15.3. The molecule has 1 aliphatic heterocycles. The molecule has 24 heavy (non-hydrogen) atoms. The van der Waals surface area contributed by atoms with Crippen molar-refractivity contribution in [2.45, 2.75) is 19.3 Å². The highest BCUT2D eigenvalue weighted by Crippen LogP contribution is 2.38. The predicted octanol–water partition coefficient (Wildman–Crippen LogP) is 3.79. The molecule has 1 N–H and O–H groups in total. The number of benzene rings is 2. The lowest BCUT2D eigenvalue weighted by atomic mass is 9.87. The molecular formula is C19H16FN3O. The quantitative estimate of drug-likeness (QED) is 0.780. The van der Waals surface area contributed by atoms with E-state index in [9.17, 15) is 9.18 Å². The summed E-state index contributed by atoms with van der Waals surface area (Å²) in [5.74, 6) is 0.0737. The van der Waals surface area contributed by atoms with Gasteiger partial charge in [0.1, 0.15) is 11.6 Å². The fourth-order valence-electron chi connectivity index (χ4n) is 3.12. The molecule has 0 spiro atoms. The van der Waals surface area contributed by atoms with E-state index in [-0.39, 0.29) is 24.1 Å². The van der Waals surface area contributed by atoms with Crippen molar-refractivity contribution in [2.24, 2.45) is 0 Å². The van der Waals surface area contributed by atoms with Gasteiger partial charge in [-0.15, -0.1) is 0 Å². The molecule has 120 valence electrons. The number of carbonyl (C=O) groups is 1. The monoisotopic (exact) mass is 321 g/mol. The van der Waals surface area contributed by atoms with Crippen molar-refractivity contribution in [3.05, 3.63) is 77.2 Å². The Balaban J connectivity index is 1.81. The SMILES string of the molecule is Cc1ccc(-n2ncc3c2NC(=O)C[C@@H]3c2cccc(F)c2)cc1. The number of fused-ring (bicyclic) bond motifs is 1. The summed E-state index contributed by atoms with van der Waals surface area (Å²) in [7, 11) is 0. The Bertz CT molecular complexity index is 915. The van der Waals surface area contributed by atoms with Crippen molar-refractivity contribution in [3.8, 4) is 5.69 Å². The van der Waals surface area contributed by atoms with E-state index in [0.717, 1.165) is 22.4 Å². The molecule has 0 saturated heterocycles. The number of aryl methyl sites for hydroxylation is 1. The van der Waals surface area contributed by atoms with Crippen LogP contribution in [0.5, 0.6) is 0 Å². The minimum atomic E-state index is -0.300. The molecule has 2 heterocycles. The zero-order valence-corrected chi connectivity index (χ0v) is 13.2. The summed E-state index contributed by atoms with van der Waals surface area (Å²) in [5, 5.41) is 7.34. The van der Waals surface area contributed by atoms with Crippen LogP contribution in [0.2, 0.25) is 0 Å². The van der Waals surface area contributed by atoms with E-state index in [1.165, 1.54) is 12.1 Å². The van der Waals surface area contributed by atoms with Crippen molar-refractivity contribution in [3.63, 3.8) is 0 Å². The minimum Gasteiger partial charge on any atom is -0.310 e. The van der Waals surface area contributed by atoms with Crippen molar-refractivity contribution in [1.29, 1.82) is 0 Å². The Kier molecular flexibility index (Phi) is 3.41. The molecule has 0 bridgehead atoms. The first kappa shape index (κ1) is 14.6. The summed E-state index contributed by atoms with van der Waals surface area (Å²) in [4.78, 5) is 12.2. The zero-order chi connectivity index (χ0) is 16.7. The Morgan fingerprint density at radius 1 is 1.21 bits per heavy atom. The molecular weight excluding hydrogens is 305 g/mol. The average molecular weight is 321 g/mol. The maximum absolute atomic E-state index is 13.6. The van der Waals surface area contributed by atoms with Crippen LogP contribution in [0.3, 0.4) is 0 Å². The second-order valence-corrected chi connectivity index (χ2v) is 6.06. The van der Waals surface area contributed by atoms with Crippen LogP contribution in [0, 0.1) is 12.7 Å². The number of halogens is 1. The van der Waals surface area contributed by atoms with Gasteiger partial charge in [-0.25, -0.2) is 9.07 Å². The number of rotatable bonds is 2. The fraction of sp³-hybridized carbons (Fsp3) is 0.158.